The van der Waals surface area contributed by atoms with E-state index < -0.39 is 15.3 Å². The van der Waals surface area contributed by atoms with Gasteiger partial charge in [-0.1, -0.05) is 13.8 Å². The molecule has 0 bridgehead atoms. The molecular weight excluding hydrogens is 256 g/mol. The van der Waals surface area contributed by atoms with Crippen molar-refractivity contribution in [1.29, 1.82) is 0 Å². The first kappa shape index (κ1) is 14.8. The number of sulfone groups is 1. The summed E-state index contributed by atoms with van der Waals surface area (Å²) in [6.07, 6.45) is 1.45. The highest BCUT2D eigenvalue weighted by atomic mass is 32.2. The molecule has 0 aliphatic carbocycles. The van der Waals surface area contributed by atoms with Crippen molar-refractivity contribution in [1.82, 2.24) is 9.97 Å². The van der Waals surface area contributed by atoms with Gasteiger partial charge >= 0.3 is 6.01 Å². The molecule has 18 heavy (non-hydrogen) atoms. The Morgan fingerprint density at radius 2 is 2.11 bits per heavy atom. The fourth-order valence-electron chi connectivity index (χ4n) is 1.47. The van der Waals surface area contributed by atoms with Crippen molar-refractivity contribution in [2.45, 2.75) is 19.6 Å². The maximum absolute atomic E-state index is 12.0. The Balaban J connectivity index is 2.82. The predicted molar refractivity (Wildman–Crippen MR) is 66.9 cm³/mol. The van der Waals surface area contributed by atoms with Gasteiger partial charge in [-0.25, -0.2) is 13.4 Å². The van der Waals surface area contributed by atoms with E-state index in [4.69, 9.17) is 9.84 Å². The summed E-state index contributed by atoms with van der Waals surface area (Å²) in [5.41, 5.74) is -0.272. The van der Waals surface area contributed by atoms with Gasteiger partial charge in [-0.15, -0.1) is 0 Å². The number of aliphatic hydroxyl groups excluding tert-OH is 1. The van der Waals surface area contributed by atoms with E-state index in [1.54, 1.807) is 13.8 Å². The average Bonchev–Trinajstić information content (AvgIpc) is 2.27. The molecule has 1 rings (SSSR count). The molecule has 0 atom stereocenters. The highest BCUT2D eigenvalue weighted by molar-refractivity contribution is 7.90. The van der Waals surface area contributed by atoms with E-state index in [2.05, 4.69) is 9.97 Å². The first-order valence-electron chi connectivity index (χ1n) is 5.45. The van der Waals surface area contributed by atoms with Crippen molar-refractivity contribution in [3.63, 3.8) is 0 Å². The SMILES string of the molecule is COc1nccc(CS(=O)(=O)CC(C)(C)CO)n1. The number of aliphatic hydroxyl groups is 1. The molecular formula is C11H18N2O4S. The van der Waals surface area contributed by atoms with E-state index in [1.807, 2.05) is 0 Å². The number of nitrogens with zero attached hydrogens (tertiary/aromatic N) is 2. The lowest BCUT2D eigenvalue weighted by atomic mass is 9.98. The van der Waals surface area contributed by atoms with E-state index >= 15 is 0 Å². The fourth-order valence-corrected chi connectivity index (χ4v) is 3.47. The molecule has 102 valence electrons. The largest absolute Gasteiger partial charge is 0.467 e. The molecule has 0 aliphatic heterocycles. The van der Waals surface area contributed by atoms with Gasteiger partial charge in [0.2, 0.25) is 0 Å². The summed E-state index contributed by atoms with van der Waals surface area (Å²) in [5, 5.41) is 9.10. The summed E-state index contributed by atoms with van der Waals surface area (Å²) >= 11 is 0. The Hall–Kier alpha value is -1.21. The standard InChI is InChI=1S/C11H18N2O4S/c1-11(2,7-14)8-18(15,16)6-9-4-5-12-10(13-9)17-3/h4-5,14H,6-8H2,1-3H3. The molecule has 0 radical (unpaired) electrons. The zero-order valence-electron chi connectivity index (χ0n) is 10.8. The molecule has 1 heterocycles. The Kier molecular flexibility index (Phi) is 4.64. The van der Waals surface area contributed by atoms with Crippen LogP contribution >= 0.6 is 0 Å². The van der Waals surface area contributed by atoms with Crippen molar-refractivity contribution in [3.05, 3.63) is 18.0 Å². The molecule has 0 amide bonds. The Labute approximate surface area is 107 Å². The second kappa shape index (κ2) is 5.62. The Bertz CT molecular complexity index is 500. The highest BCUT2D eigenvalue weighted by Crippen LogP contribution is 2.19. The van der Waals surface area contributed by atoms with Gasteiger partial charge in [-0.2, -0.15) is 4.98 Å². The molecule has 0 unspecified atom stereocenters. The lowest BCUT2D eigenvalue weighted by molar-refractivity contribution is 0.178. The molecule has 6 nitrogen and oxygen atoms in total. The fraction of sp³-hybridized carbons (Fsp3) is 0.636. The third-order valence-corrected chi connectivity index (χ3v) is 4.24. The van der Waals surface area contributed by atoms with E-state index in [1.165, 1.54) is 19.4 Å². The molecule has 1 aromatic rings. The van der Waals surface area contributed by atoms with Crippen LogP contribution < -0.4 is 4.74 Å². The summed E-state index contributed by atoms with van der Waals surface area (Å²) in [4.78, 5) is 7.77. The lowest BCUT2D eigenvalue weighted by Crippen LogP contribution is -2.28. The van der Waals surface area contributed by atoms with Crippen LogP contribution in [0, 0.1) is 5.41 Å². The zero-order valence-corrected chi connectivity index (χ0v) is 11.6. The monoisotopic (exact) mass is 274 g/mol. The summed E-state index contributed by atoms with van der Waals surface area (Å²) in [7, 11) is -1.92. The first-order valence-corrected chi connectivity index (χ1v) is 7.27. The van der Waals surface area contributed by atoms with Crippen LogP contribution in [0.25, 0.3) is 0 Å². The van der Waals surface area contributed by atoms with Crippen LogP contribution in [-0.4, -0.2) is 43.0 Å². The third-order valence-electron chi connectivity index (χ3n) is 2.28. The van der Waals surface area contributed by atoms with Gasteiger partial charge in [0.15, 0.2) is 9.84 Å². The lowest BCUT2D eigenvalue weighted by Gasteiger charge is -2.20. The van der Waals surface area contributed by atoms with Crippen molar-refractivity contribution >= 4 is 9.84 Å². The van der Waals surface area contributed by atoms with Gasteiger partial charge < -0.3 is 9.84 Å². The highest BCUT2D eigenvalue weighted by Gasteiger charge is 2.26. The molecule has 0 saturated heterocycles. The topological polar surface area (TPSA) is 89.4 Å². The minimum atomic E-state index is -3.34. The first-order chi connectivity index (χ1) is 8.28. The van der Waals surface area contributed by atoms with Gasteiger partial charge in [0.1, 0.15) is 0 Å². The van der Waals surface area contributed by atoms with Crippen molar-refractivity contribution in [2.24, 2.45) is 5.41 Å². The summed E-state index contributed by atoms with van der Waals surface area (Å²) in [5.74, 6) is -0.280. The molecule has 0 saturated carbocycles. The molecule has 7 heteroatoms. The zero-order chi connectivity index (χ0) is 13.8. The van der Waals surface area contributed by atoms with Crippen molar-refractivity contribution < 1.29 is 18.3 Å². The second-order valence-electron chi connectivity index (χ2n) is 4.89. The maximum atomic E-state index is 12.0. The molecule has 0 fully saturated rings. The smallest absolute Gasteiger partial charge is 0.316 e. The quantitative estimate of drug-likeness (QED) is 0.808. The average molecular weight is 274 g/mol. The maximum Gasteiger partial charge on any atom is 0.316 e. The third kappa shape index (κ3) is 4.58. The number of methoxy groups -OCH3 is 1. The summed E-state index contributed by atoms with van der Waals surface area (Å²) in [6.45, 7) is 3.22. The van der Waals surface area contributed by atoms with Gasteiger partial charge in [0, 0.05) is 18.2 Å². The van der Waals surface area contributed by atoms with Gasteiger partial charge in [-0.3, -0.25) is 0 Å². The van der Waals surface area contributed by atoms with E-state index in [0.29, 0.717) is 5.69 Å². The Morgan fingerprint density at radius 1 is 1.44 bits per heavy atom. The van der Waals surface area contributed by atoms with Crippen LogP contribution in [0.5, 0.6) is 6.01 Å². The van der Waals surface area contributed by atoms with Gasteiger partial charge in [0.25, 0.3) is 0 Å². The van der Waals surface area contributed by atoms with Gasteiger partial charge in [-0.05, 0) is 6.07 Å². The normalized spacial score (nSPS) is 12.4. The Morgan fingerprint density at radius 3 is 2.67 bits per heavy atom. The van der Waals surface area contributed by atoms with E-state index in [0.717, 1.165) is 0 Å². The number of hydrogen-bond donors (Lipinski definition) is 1. The van der Waals surface area contributed by atoms with E-state index in [-0.39, 0.29) is 24.1 Å². The van der Waals surface area contributed by atoms with Crippen molar-refractivity contribution in [2.75, 3.05) is 19.5 Å². The molecule has 0 aliphatic rings. The summed E-state index contributed by atoms with van der Waals surface area (Å²) in [6, 6.07) is 1.68. The molecule has 1 aromatic heterocycles. The van der Waals surface area contributed by atoms with Crippen LogP contribution in [0.4, 0.5) is 0 Å². The van der Waals surface area contributed by atoms with Crippen molar-refractivity contribution in [3.8, 4) is 6.01 Å². The second-order valence-corrected chi connectivity index (χ2v) is 6.95. The summed E-state index contributed by atoms with van der Waals surface area (Å²) < 4.78 is 28.8. The predicted octanol–water partition coefficient (Wildman–Crippen LogP) is 0.418. The number of ether oxygens (including phenoxy) is 1. The molecule has 0 spiro atoms. The molecule has 1 N–H and O–H groups in total. The molecule has 0 aromatic carbocycles. The minimum Gasteiger partial charge on any atom is -0.467 e. The van der Waals surface area contributed by atoms with Crippen LogP contribution in [0.3, 0.4) is 0 Å². The van der Waals surface area contributed by atoms with Crippen LogP contribution in [0.2, 0.25) is 0 Å². The van der Waals surface area contributed by atoms with Crippen LogP contribution in [0.1, 0.15) is 19.5 Å². The number of hydrogen-bond acceptors (Lipinski definition) is 6. The van der Waals surface area contributed by atoms with E-state index in [9.17, 15) is 8.42 Å². The minimum absolute atomic E-state index is 0.0944. The number of rotatable bonds is 6. The number of aromatic nitrogens is 2. The van der Waals surface area contributed by atoms with Crippen LogP contribution in [-0.2, 0) is 15.6 Å². The van der Waals surface area contributed by atoms with Gasteiger partial charge in [0.05, 0.1) is 24.3 Å². The van der Waals surface area contributed by atoms with Crippen LogP contribution in [0.15, 0.2) is 12.3 Å².